The van der Waals surface area contributed by atoms with Crippen LogP contribution in [0.4, 0.5) is 4.39 Å². The van der Waals surface area contributed by atoms with Crippen LogP contribution in [0.25, 0.3) is 0 Å². The molecule has 0 aromatic heterocycles. The fourth-order valence-corrected chi connectivity index (χ4v) is 3.33. The van der Waals surface area contributed by atoms with Crippen molar-refractivity contribution in [3.05, 3.63) is 29.6 Å². The lowest BCUT2D eigenvalue weighted by molar-refractivity contribution is 0.132. The van der Waals surface area contributed by atoms with E-state index < -0.39 is 0 Å². The van der Waals surface area contributed by atoms with Gasteiger partial charge in [0, 0.05) is 18.7 Å². The van der Waals surface area contributed by atoms with Gasteiger partial charge in [0.1, 0.15) is 17.8 Å². The van der Waals surface area contributed by atoms with Crippen molar-refractivity contribution in [2.45, 2.75) is 57.8 Å². The van der Waals surface area contributed by atoms with Gasteiger partial charge in [-0.1, -0.05) is 0 Å². The highest BCUT2D eigenvalue weighted by Crippen LogP contribution is 2.24. The number of piperidine rings is 1. The molecule has 2 fully saturated rings. The summed E-state index contributed by atoms with van der Waals surface area (Å²) in [5, 5.41) is 3.33. The van der Waals surface area contributed by atoms with E-state index >= 15 is 0 Å². The SMILES string of the molecule is C[C@H]1CCCN1Cc1cc(F)cc(OC2CCCCN2)c1. The molecule has 2 atom stereocenters. The van der Waals surface area contributed by atoms with Gasteiger partial charge in [-0.05, 0) is 69.8 Å². The Hall–Kier alpha value is -1.13. The molecular weight excluding hydrogens is 267 g/mol. The van der Waals surface area contributed by atoms with Gasteiger partial charge in [0.15, 0.2) is 0 Å². The molecule has 2 aliphatic rings. The lowest BCUT2D eigenvalue weighted by atomic mass is 10.1. The maximum atomic E-state index is 13.8. The summed E-state index contributed by atoms with van der Waals surface area (Å²) in [6, 6.07) is 5.71. The van der Waals surface area contributed by atoms with E-state index in [0.29, 0.717) is 11.8 Å². The highest BCUT2D eigenvalue weighted by atomic mass is 19.1. The Morgan fingerprint density at radius 1 is 1.24 bits per heavy atom. The van der Waals surface area contributed by atoms with Crippen LogP contribution < -0.4 is 10.1 Å². The van der Waals surface area contributed by atoms with E-state index in [-0.39, 0.29) is 12.0 Å². The van der Waals surface area contributed by atoms with Crippen molar-refractivity contribution >= 4 is 0 Å². The minimum Gasteiger partial charge on any atom is -0.475 e. The molecule has 0 spiro atoms. The van der Waals surface area contributed by atoms with Gasteiger partial charge in [0.25, 0.3) is 0 Å². The lowest BCUT2D eigenvalue weighted by Gasteiger charge is -2.25. The van der Waals surface area contributed by atoms with Crippen molar-refractivity contribution < 1.29 is 9.13 Å². The highest BCUT2D eigenvalue weighted by molar-refractivity contribution is 5.30. The Morgan fingerprint density at radius 3 is 2.86 bits per heavy atom. The summed E-state index contributed by atoms with van der Waals surface area (Å²) in [5.74, 6) is 0.446. The summed E-state index contributed by atoms with van der Waals surface area (Å²) in [4.78, 5) is 2.41. The molecule has 3 rings (SSSR count). The number of benzene rings is 1. The number of hydrogen-bond acceptors (Lipinski definition) is 3. The molecule has 1 aromatic carbocycles. The number of nitrogens with one attached hydrogen (secondary N) is 1. The Bertz CT molecular complexity index is 474. The molecule has 116 valence electrons. The quantitative estimate of drug-likeness (QED) is 0.921. The van der Waals surface area contributed by atoms with Gasteiger partial charge >= 0.3 is 0 Å². The van der Waals surface area contributed by atoms with E-state index in [9.17, 15) is 4.39 Å². The van der Waals surface area contributed by atoms with Gasteiger partial charge in [-0.2, -0.15) is 0 Å². The molecule has 2 aliphatic heterocycles. The number of rotatable bonds is 4. The van der Waals surface area contributed by atoms with Crippen LogP contribution in [0.1, 0.15) is 44.6 Å². The van der Waals surface area contributed by atoms with Crippen molar-refractivity contribution in [3.8, 4) is 5.75 Å². The molecule has 4 heteroatoms. The maximum Gasteiger partial charge on any atom is 0.150 e. The zero-order valence-electron chi connectivity index (χ0n) is 12.8. The summed E-state index contributed by atoms with van der Waals surface area (Å²) in [7, 11) is 0. The molecule has 2 heterocycles. The molecule has 0 amide bonds. The smallest absolute Gasteiger partial charge is 0.150 e. The van der Waals surface area contributed by atoms with E-state index in [1.807, 2.05) is 6.07 Å². The Labute approximate surface area is 126 Å². The number of nitrogens with zero attached hydrogens (tertiary/aromatic N) is 1. The maximum absolute atomic E-state index is 13.8. The molecule has 0 saturated carbocycles. The molecule has 0 bridgehead atoms. The molecule has 0 radical (unpaired) electrons. The molecule has 3 nitrogen and oxygen atoms in total. The van der Waals surface area contributed by atoms with Crippen molar-refractivity contribution in [3.63, 3.8) is 0 Å². The number of likely N-dealkylation sites (tertiary alicyclic amines) is 1. The molecule has 21 heavy (non-hydrogen) atoms. The fourth-order valence-electron chi connectivity index (χ4n) is 3.33. The minimum atomic E-state index is -0.204. The third kappa shape index (κ3) is 3.95. The highest BCUT2D eigenvalue weighted by Gasteiger charge is 2.21. The van der Waals surface area contributed by atoms with Crippen molar-refractivity contribution in [1.29, 1.82) is 0 Å². The van der Waals surface area contributed by atoms with Crippen LogP contribution in [0, 0.1) is 5.82 Å². The first-order valence-corrected chi connectivity index (χ1v) is 8.14. The first-order valence-electron chi connectivity index (χ1n) is 8.14. The molecule has 2 saturated heterocycles. The molecular formula is C17H25FN2O. The number of hydrogen-bond donors (Lipinski definition) is 1. The normalized spacial score (nSPS) is 27.0. The fraction of sp³-hybridized carbons (Fsp3) is 0.647. The van der Waals surface area contributed by atoms with Gasteiger partial charge < -0.3 is 4.74 Å². The van der Waals surface area contributed by atoms with E-state index in [1.54, 1.807) is 6.07 Å². The standard InChI is InChI=1S/C17H25FN2O/c1-13-5-4-8-20(13)12-14-9-15(18)11-16(10-14)21-17-6-2-3-7-19-17/h9-11,13,17,19H,2-8,12H2,1H3/t13-,17?/m0/s1. The minimum absolute atomic E-state index is 0.0270. The zero-order chi connectivity index (χ0) is 14.7. The largest absolute Gasteiger partial charge is 0.475 e. The van der Waals surface area contributed by atoms with Gasteiger partial charge in [-0.15, -0.1) is 0 Å². The zero-order valence-corrected chi connectivity index (χ0v) is 12.8. The average molecular weight is 292 g/mol. The summed E-state index contributed by atoms with van der Waals surface area (Å²) in [6.07, 6.45) is 5.87. The predicted molar refractivity (Wildman–Crippen MR) is 81.8 cm³/mol. The van der Waals surface area contributed by atoms with Crippen LogP contribution in [0.15, 0.2) is 18.2 Å². The van der Waals surface area contributed by atoms with Crippen LogP contribution >= 0.6 is 0 Å². The van der Waals surface area contributed by atoms with Crippen LogP contribution in [0.2, 0.25) is 0 Å². The second-order valence-electron chi connectivity index (χ2n) is 6.31. The van der Waals surface area contributed by atoms with Crippen molar-refractivity contribution in [2.75, 3.05) is 13.1 Å². The van der Waals surface area contributed by atoms with Crippen LogP contribution in [-0.2, 0) is 6.54 Å². The molecule has 0 aliphatic carbocycles. The molecule has 1 unspecified atom stereocenters. The topological polar surface area (TPSA) is 24.5 Å². The third-order valence-corrected chi connectivity index (χ3v) is 4.55. The first-order chi connectivity index (χ1) is 10.2. The van der Waals surface area contributed by atoms with Gasteiger partial charge in [-0.3, -0.25) is 10.2 Å². The molecule has 1 N–H and O–H groups in total. The van der Waals surface area contributed by atoms with Gasteiger partial charge in [-0.25, -0.2) is 4.39 Å². The monoisotopic (exact) mass is 292 g/mol. The lowest BCUT2D eigenvalue weighted by Crippen LogP contribution is -2.38. The summed E-state index contributed by atoms with van der Waals surface area (Å²) in [5.41, 5.74) is 1.01. The Balaban J connectivity index is 1.66. The van der Waals surface area contributed by atoms with E-state index in [0.717, 1.165) is 31.6 Å². The van der Waals surface area contributed by atoms with Crippen LogP contribution in [0.3, 0.4) is 0 Å². The van der Waals surface area contributed by atoms with Crippen LogP contribution in [0.5, 0.6) is 5.75 Å². The predicted octanol–water partition coefficient (Wildman–Crippen LogP) is 3.29. The summed E-state index contributed by atoms with van der Waals surface area (Å²) < 4.78 is 19.7. The van der Waals surface area contributed by atoms with E-state index in [1.165, 1.54) is 31.7 Å². The van der Waals surface area contributed by atoms with Crippen molar-refractivity contribution in [2.24, 2.45) is 0 Å². The van der Waals surface area contributed by atoms with Gasteiger partial charge in [0.05, 0.1) is 0 Å². The average Bonchev–Trinajstić information content (AvgIpc) is 2.85. The van der Waals surface area contributed by atoms with E-state index in [2.05, 4.69) is 17.1 Å². The van der Waals surface area contributed by atoms with E-state index in [4.69, 9.17) is 4.74 Å². The molecule has 1 aromatic rings. The van der Waals surface area contributed by atoms with Crippen LogP contribution in [-0.4, -0.2) is 30.3 Å². The second kappa shape index (κ2) is 6.75. The number of halogens is 1. The van der Waals surface area contributed by atoms with Crippen molar-refractivity contribution in [1.82, 2.24) is 10.2 Å². The second-order valence-corrected chi connectivity index (χ2v) is 6.31. The number of ether oxygens (including phenoxy) is 1. The Kier molecular flexibility index (Phi) is 4.76. The third-order valence-electron chi connectivity index (χ3n) is 4.55. The summed E-state index contributed by atoms with van der Waals surface area (Å²) in [6.45, 7) is 5.15. The Morgan fingerprint density at radius 2 is 2.14 bits per heavy atom. The summed E-state index contributed by atoms with van der Waals surface area (Å²) >= 11 is 0. The van der Waals surface area contributed by atoms with Gasteiger partial charge in [0.2, 0.25) is 0 Å². The first kappa shape index (κ1) is 14.8.